The smallest absolute Gasteiger partial charge is 0.127 e. The number of halogens is 1. The molecule has 0 bridgehead atoms. The molecule has 0 spiro atoms. The van der Waals surface area contributed by atoms with E-state index in [1.165, 1.54) is 6.07 Å². The van der Waals surface area contributed by atoms with Gasteiger partial charge in [0.15, 0.2) is 0 Å². The van der Waals surface area contributed by atoms with Gasteiger partial charge in [-0.25, -0.2) is 4.39 Å². The molecule has 0 radical (unpaired) electrons. The topological polar surface area (TPSA) is 21.3 Å². The molecule has 1 aliphatic heterocycles. The Morgan fingerprint density at radius 3 is 2.89 bits per heavy atom. The molecule has 1 aromatic carbocycles. The van der Waals surface area contributed by atoms with Gasteiger partial charge in [0.2, 0.25) is 0 Å². The summed E-state index contributed by atoms with van der Waals surface area (Å²) in [4.78, 5) is 0. The van der Waals surface area contributed by atoms with Gasteiger partial charge in [0.05, 0.1) is 6.61 Å². The van der Waals surface area contributed by atoms with Gasteiger partial charge < -0.3 is 10.1 Å². The van der Waals surface area contributed by atoms with E-state index in [0.717, 1.165) is 31.5 Å². The fourth-order valence-electron chi connectivity index (χ4n) is 2.30. The second-order valence-corrected chi connectivity index (χ2v) is 5.47. The fourth-order valence-corrected chi connectivity index (χ4v) is 2.30. The number of benzene rings is 1. The van der Waals surface area contributed by atoms with Gasteiger partial charge in [-0.05, 0) is 48.9 Å². The first-order valence-corrected chi connectivity index (χ1v) is 6.79. The molecule has 0 amide bonds. The second kappa shape index (κ2) is 6.19. The van der Waals surface area contributed by atoms with Crippen LogP contribution in [0.3, 0.4) is 0 Å². The summed E-state index contributed by atoms with van der Waals surface area (Å²) in [5.41, 5.74) is 1.06. The molecule has 2 rings (SSSR count). The Morgan fingerprint density at radius 1 is 1.39 bits per heavy atom. The normalized spacial score (nSPS) is 20.1. The first-order chi connectivity index (χ1) is 8.65. The van der Waals surface area contributed by atoms with Crippen molar-refractivity contribution in [2.45, 2.75) is 32.6 Å². The van der Waals surface area contributed by atoms with Crippen molar-refractivity contribution in [2.75, 3.05) is 19.7 Å². The molecule has 18 heavy (non-hydrogen) atoms. The lowest BCUT2D eigenvalue weighted by Crippen LogP contribution is -2.28. The van der Waals surface area contributed by atoms with E-state index in [1.807, 2.05) is 6.07 Å². The van der Waals surface area contributed by atoms with Crippen molar-refractivity contribution in [3.8, 4) is 5.75 Å². The Morgan fingerprint density at radius 2 is 2.22 bits per heavy atom. The number of hydrogen-bond donors (Lipinski definition) is 1. The van der Waals surface area contributed by atoms with E-state index in [-0.39, 0.29) is 5.82 Å². The van der Waals surface area contributed by atoms with Crippen LogP contribution in [-0.2, 0) is 0 Å². The lowest BCUT2D eigenvalue weighted by atomic mass is 9.91. The Bertz CT molecular complexity index is 386. The molecule has 1 fully saturated rings. The quantitative estimate of drug-likeness (QED) is 0.886. The molecule has 1 aliphatic rings. The maximum absolute atomic E-state index is 13.6. The third-order valence-corrected chi connectivity index (χ3v) is 3.25. The van der Waals surface area contributed by atoms with E-state index in [9.17, 15) is 4.39 Å². The SMILES string of the molecule is CC(C)COc1cc(F)cc(C2CCCNC2)c1. The van der Waals surface area contributed by atoms with Gasteiger partial charge in [-0.2, -0.15) is 0 Å². The van der Waals surface area contributed by atoms with Crippen LogP contribution in [-0.4, -0.2) is 19.7 Å². The Hall–Kier alpha value is -1.09. The minimum Gasteiger partial charge on any atom is -0.493 e. The van der Waals surface area contributed by atoms with Crippen molar-refractivity contribution in [2.24, 2.45) is 5.92 Å². The van der Waals surface area contributed by atoms with Crippen molar-refractivity contribution in [3.63, 3.8) is 0 Å². The molecule has 100 valence electrons. The third-order valence-electron chi connectivity index (χ3n) is 3.25. The lowest BCUT2D eigenvalue weighted by Gasteiger charge is -2.23. The van der Waals surface area contributed by atoms with Gasteiger partial charge in [-0.3, -0.25) is 0 Å². The number of piperidine rings is 1. The van der Waals surface area contributed by atoms with Gasteiger partial charge >= 0.3 is 0 Å². The zero-order valence-electron chi connectivity index (χ0n) is 11.2. The number of ether oxygens (including phenoxy) is 1. The Balaban J connectivity index is 2.09. The highest BCUT2D eigenvalue weighted by molar-refractivity contribution is 5.32. The van der Waals surface area contributed by atoms with Crippen molar-refractivity contribution >= 4 is 0 Å². The Kier molecular flexibility index (Phi) is 4.59. The maximum atomic E-state index is 13.6. The largest absolute Gasteiger partial charge is 0.493 e. The van der Waals surface area contributed by atoms with Crippen LogP contribution in [0.4, 0.5) is 4.39 Å². The standard InChI is InChI=1S/C15H22FNO/c1-11(2)10-18-15-7-13(6-14(16)8-15)12-4-3-5-17-9-12/h6-8,11-12,17H,3-5,9-10H2,1-2H3. The Labute approximate surface area is 109 Å². The van der Waals surface area contributed by atoms with Crippen LogP contribution in [0, 0.1) is 11.7 Å². The third kappa shape index (κ3) is 3.70. The van der Waals surface area contributed by atoms with Crippen LogP contribution in [0.5, 0.6) is 5.75 Å². The summed E-state index contributed by atoms with van der Waals surface area (Å²) in [7, 11) is 0. The molecule has 1 saturated heterocycles. The van der Waals surface area contributed by atoms with E-state index < -0.39 is 0 Å². The van der Waals surface area contributed by atoms with Crippen molar-refractivity contribution in [1.29, 1.82) is 0 Å². The molecule has 0 aliphatic carbocycles. The van der Waals surface area contributed by atoms with Crippen LogP contribution >= 0.6 is 0 Å². The van der Waals surface area contributed by atoms with Gasteiger partial charge in [0, 0.05) is 12.6 Å². The molecule has 0 aromatic heterocycles. The summed E-state index contributed by atoms with van der Waals surface area (Å²) < 4.78 is 19.2. The fraction of sp³-hybridized carbons (Fsp3) is 0.600. The summed E-state index contributed by atoms with van der Waals surface area (Å²) in [5.74, 6) is 1.32. The summed E-state index contributed by atoms with van der Waals surface area (Å²) in [5, 5.41) is 3.36. The van der Waals surface area contributed by atoms with Crippen LogP contribution in [0.15, 0.2) is 18.2 Å². The second-order valence-electron chi connectivity index (χ2n) is 5.47. The van der Waals surface area contributed by atoms with Gasteiger partial charge in [-0.1, -0.05) is 13.8 Å². The molecule has 1 heterocycles. The van der Waals surface area contributed by atoms with E-state index in [2.05, 4.69) is 19.2 Å². The molecule has 3 heteroatoms. The highest BCUT2D eigenvalue weighted by Crippen LogP contribution is 2.27. The average Bonchev–Trinajstić information content (AvgIpc) is 2.37. The molecule has 1 atom stereocenters. The number of rotatable bonds is 4. The highest BCUT2D eigenvalue weighted by atomic mass is 19.1. The van der Waals surface area contributed by atoms with Gasteiger partial charge in [0.25, 0.3) is 0 Å². The number of hydrogen-bond acceptors (Lipinski definition) is 2. The molecule has 1 N–H and O–H groups in total. The molecule has 2 nitrogen and oxygen atoms in total. The van der Waals surface area contributed by atoms with Crippen molar-refractivity contribution in [1.82, 2.24) is 5.32 Å². The lowest BCUT2D eigenvalue weighted by molar-refractivity contribution is 0.269. The minimum absolute atomic E-state index is 0.197. The van der Waals surface area contributed by atoms with E-state index >= 15 is 0 Å². The molecular formula is C15H22FNO. The first-order valence-electron chi connectivity index (χ1n) is 6.79. The van der Waals surface area contributed by atoms with Crippen LogP contribution in [0.1, 0.15) is 38.2 Å². The monoisotopic (exact) mass is 251 g/mol. The van der Waals surface area contributed by atoms with Gasteiger partial charge in [-0.15, -0.1) is 0 Å². The minimum atomic E-state index is -0.197. The van der Waals surface area contributed by atoms with Crippen molar-refractivity contribution < 1.29 is 9.13 Å². The van der Waals surface area contributed by atoms with E-state index in [0.29, 0.717) is 24.2 Å². The van der Waals surface area contributed by atoms with Crippen LogP contribution in [0.2, 0.25) is 0 Å². The predicted octanol–water partition coefficient (Wildman–Crippen LogP) is 3.33. The summed E-state index contributed by atoms with van der Waals surface area (Å²) >= 11 is 0. The van der Waals surface area contributed by atoms with Crippen LogP contribution < -0.4 is 10.1 Å². The number of nitrogens with one attached hydrogen (secondary N) is 1. The molecule has 1 aromatic rings. The van der Waals surface area contributed by atoms with Crippen LogP contribution in [0.25, 0.3) is 0 Å². The average molecular weight is 251 g/mol. The summed E-state index contributed by atoms with van der Waals surface area (Å²) in [6, 6.07) is 5.10. The maximum Gasteiger partial charge on any atom is 0.127 e. The van der Waals surface area contributed by atoms with Crippen molar-refractivity contribution in [3.05, 3.63) is 29.6 Å². The zero-order valence-corrected chi connectivity index (χ0v) is 11.2. The van der Waals surface area contributed by atoms with E-state index in [1.54, 1.807) is 6.07 Å². The van der Waals surface area contributed by atoms with E-state index in [4.69, 9.17) is 4.74 Å². The summed E-state index contributed by atoms with van der Waals surface area (Å²) in [6.45, 7) is 6.82. The highest BCUT2D eigenvalue weighted by Gasteiger charge is 2.16. The molecular weight excluding hydrogens is 229 g/mol. The predicted molar refractivity (Wildman–Crippen MR) is 71.6 cm³/mol. The molecule has 1 unspecified atom stereocenters. The zero-order chi connectivity index (χ0) is 13.0. The summed E-state index contributed by atoms with van der Waals surface area (Å²) in [6.07, 6.45) is 2.28. The van der Waals surface area contributed by atoms with Gasteiger partial charge in [0.1, 0.15) is 11.6 Å². The first kappa shape index (κ1) is 13.3. The molecule has 0 saturated carbocycles.